The normalized spacial score (nSPS) is 14.2. The molecule has 10 heteroatoms. The van der Waals surface area contributed by atoms with Crippen molar-refractivity contribution in [1.29, 1.82) is 0 Å². The van der Waals surface area contributed by atoms with Crippen molar-refractivity contribution in [3.05, 3.63) is 97.2 Å². The predicted molar refractivity (Wildman–Crippen MR) is 247 cm³/mol. The number of hydrogen-bond donors (Lipinski definition) is 2. The first-order chi connectivity index (χ1) is 28.8. The zero-order valence-corrected chi connectivity index (χ0v) is 37.8. The minimum absolute atomic E-state index is 0.0376. The van der Waals surface area contributed by atoms with Crippen molar-refractivity contribution >= 4 is 19.8 Å². The average Bonchev–Trinajstić information content (AvgIpc) is 3.22. The third kappa shape index (κ3) is 44.3. The van der Waals surface area contributed by atoms with Crippen LogP contribution in [0.5, 0.6) is 0 Å². The molecule has 336 valence electrons. The fourth-order valence-electron chi connectivity index (χ4n) is 5.54. The highest BCUT2D eigenvalue weighted by Gasteiger charge is 2.26. The van der Waals surface area contributed by atoms with Crippen LogP contribution in [0.3, 0.4) is 0 Å². The fourth-order valence-corrected chi connectivity index (χ4v) is 6.31. The maximum atomic E-state index is 12.6. The van der Waals surface area contributed by atoms with Crippen molar-refractivity contribution in [2.75, 3.05) is 26.4 Å². The van der Waals surface area contributed by atoms with Crippen LogP contribution >= 0.6 is 7.82 Å². The van der Waals surface area contributed by atoms with E-state index in [9.17, 15) is 19.0 Å². The van der Waals surface area contributed by atoms with Crippen LogP contribution in [0.1, 0.15) is 168 Å². The van der Waals surface area contributed by atoms with Crippen LogP contribution in [-0.4, -0.2) is 49.3 Å². The third-order valence-electron chi connectivity index (χ3n) is 8.94. The van der Waals surface area contributed by atoms with Gasteiger partial charge in [0.2, 0.25) is 0 Å². The van der Waals surface area contributed by atoms with Gasteiger partial charge in [0, 0.05) is 19.4 Å². The molecule has 2 atom stereocenters. The van der Waals surface area contributed by atoms with Gasteiger partial charge < -0.3 is 20.1 Å². The molecule has 3 N–H and O–H groups in total. The molecule has 0 fully saturated rings. The number of carbonyl (C=O) groups excluding carboxylic acids is 2. The number of rotatable bonds is 41. The third-order valence-corrected chi connectivity index (χ3v) is 9.93. The molecule has 0 radical (unpaired) electrons. The molecule has 59 heavy (non-hydrogen) atoms. The van der Waals surface area contributed by atoms with Crippen LogP contribution in [-0.2, 0) is 32.7 Å². The van der Waals surface area contributed by atoms with Crippen LogP contribution in [0.2, 0.25) is 0 Å². The lowest BCUT2D eigenvalue weighted by Gasteiger charge is -2.19. The van der Waals surface area contributed by atoms with Crippen molar-refractivity contribution in [2.24, 2.45) is 5.73 Å². The number of carbonyl (C=O) groups is 2. The standard InChI is InChI=1S/C49H82NO8P/c1-3-5-7-9-11-13-15-17-19-21-23-25-27-29-31-33-35-37-39-41-48(51)55-45-47(46-57-59(53,54)56-44-43-50)58-49(52)42-40-38-36-34-32-30-28-26-24-22-20-18-16-14-12-10-8-6-4-2/h11-14,17-20,23-26,29-32,47H,3-10,15-16,21-22,27-28,33-46,50H2,1-2H3,(H,53,54)/b13-11+,14-12+,19-17+,20-18+,25-23+,26-24+,31-29+,32-30+/t47-/m1/s1. The minimum atomic E-state index is -4.40. The second kappa shape index (κ2) is 44.5. The predicted octanol–water partition coefficient (Wildman–Crippen LogP) is 13.4. The summed E-state index contributed by atoms with van der Waals surface area (Å²) in [6.45, 7) is 3.58. The van der Waals surface area contributed by atoms with Gasteiger partial charge in [-0.1, -0.05) is 150 Å². The topological polar surface area (TPSA) is 134 Å². The van der Waals surface area contributed by atoms with Gasteiger partial charge in [-0.3, -0.25) is 18.6 Å². The summed E-state index contributed by atoms with van der Waals surface area (Å²) in [7, 11) is -4.40. The van der Waals surface area contributed by atoms with E-state index in [0.717, 1.165) is 77.0 Å². The van der Waals surface area contributed by atoms with Crippen LogP contribution in [0.15, 0.2) is 97.2 Å². The van der Waals surface area contributed by atoms with Crippen LogP contribution in [0, 0.1) is 0 Å². The van der Waals surface area contributed by atoms with Crippen molar-refractivity contribution in [1.82, 2.24) is 0 Å². The lowest BCUT2D eigenvalue weighted by Crippen LogP contribution is -2.29. The quantitative estimate of drug-likeness (QED) is 0.0267. The monoisotopic (exact) mass is 844 g/mol. The van der Waals surface area contributed by atoms with Gasteiger partial charge in [0.15, 0.2) is 6.10 Å². The number of hydrogen-bond acceptors (Lipinski definition) is 8. The van der Waals surface area contributed by atoms with Crippen LogP contribution in [0.25, 0.3) is 0 Å². The molecule has 0 aromatic carbocycles. The van der Waals surface area contributed by atoms with Gasteiger partial charge in [0.05, 0.1) is 13.2 Å². The Bertz CT molecular complexity index is 1280. The second-order valence-corrected chi connectivity index (χ2v) is 16.0. The molecular weight excluding hydrogens is 762 g/mol. The lowest BCUT2D eigenvalue weighted by atomic mass is 10.1. The van der Waals surface area contributed by atoms with E-state index < -0.39 is 32.5 Å². The highest BCUT2D eigenvalue weighted by molar-refractivity contribution is 7.47. The van der Waals surface area contributed by atoms with Crippen molar-refractivity contribution in [3.63, 3.8) is 0 Å². The molecule has 0 rings (SSSR count). The summed E-state index contributed by atoms with van der Waals surface area (Å²) in [6, 6.07) is 0. The molecule has 0 saturated carbocycles. The number of allylic oxidation sites excluding steroid dienone is 16. The maximum Gasteiger partial charge on any atom is 0.472 e. The summed E-state index contributed by atoms with van der Waals surface area (Å²) >= 11 is 0. The number of ether oxygens (including phenoxy) is 2. The largest absolute Gasteiger partial charge is 0.472 e. The molecule has 0 spiro atoms. The lowest BCUT2D eigenvalue weighted by molar-refractivity contribution is -0.161. The highest BCUT2D eigenvalue weighted by Crippen LogP contribution is 2.43. The number of phosphoric ester groups is 1. The van der Waals surface area contributed by atoms with Gasteiger partial charge in [-0.05, 0) is 103 Å². The number of phosphoric acid groups is 1. The Morgan fingerprint density at radius 3 is 1.27 bits per heavy atom. The van der Waals surface area contributed by atoms with E-state index in [0.29, 0.717) is 12.8 Å². The smallest absolute Gasteiger partial charge is 0.462 e. The van der Waals surface area contributed by atoms with Gasteiger partial charge in [-0.15, -0.1) is 0 Å². The van der Waals surface area contributed by atoms with E-state index in [1.54, 1.807) is 0 Å². The Kier molecular flexibility index (Phi) is 42.2. The summed E-state index contributed by atoms with van der Waals surface area (Å²) in [5.74, 6) is -0.910. The molecule has 0 aromatic heterocycles. The zero-order chi connectivity index (χ0) is 43.2. The molecule has 0 heterocycles. The molecule has 9 nitrogen and oxygen atoms in total. The summed E-state index contributed by atoms with van der Waals surface area (Å²) in [6.07, 6.45) is 57.2. The number of esters is 2. The molecule has 0 bridgehead atoms. The van der Waals surface area contributed by atoms with E-state index in [4.69, 9.17) is 24.3 Å². The molecule has 0 amide bonds. The van der Waals surface area contributed by atoms with Crippen molar-refractivity contribution in [2.45, 2.75) is 174 Å². The van der Waals surface area contributed by atoms with Gasteiger partial charge in [0.25, 0.3) is 0 Å². The van der Waals surface area contributed by atoms with Gasteiger partial charge in [-0.2, -0.15) is 0 Å². The van der Waals surface area contributed by atoms with Crippen molar-refractivity contribution in [3.8, 4) is 0 Å². The van der Waals surface area contributed by atoms with E-state index in [1.807, 2.05) is 0 Å². The van der Waals surface area contributed by atoms with Gasteiger partial charge in [-0.25, -0.2) is 4.57 Å². The molecule has 0 saturated heterocycles. The number of nitrogens with two attached hydrogens (primary N) is 1. The SMILES string of the molecule is CCCCC/C=C/C/C=C/C/C=C/C/C=C/CCCCCC(=O)OC[C@H](COP(=O)(O)OCCN)OC(=O)CCCCC/C=C/C/C=C/C/C=C/C/C=C/CCCCC. The minimum Gasteiger partial charge on any atom is -0.462 e. The second-order valence-electron chi connectivity index (χ2n) is 14.6. The Morgan fingerprint density at radius 2 is 0.881 bits per heavy atom. The Labute approximate surface area is 359 Å². The summed E-state index contributed by atoms with van der Waals surface area (Å²) < 4.78 is 32.8. The first-order valence-electron chi connectivity index (χ1n) is 22.7. The Balaban J connectivity index is 4.29. The summed E-state index contributed by atoms with van der Waals surface area (Å²) in [5, 5.41) is 0. The highest BCUT2D eigenvalue weighted by atomic mass is 31.2. The fraction of sp³-hybridized carbons (Fsp3) is 0.633. The summed E-state index contributed by atoms with van der Waals surface area (Å²) in [4.78, 5) is 34.9. The Hall–Kier alpha value is -3.07. The van der Waals surface area contributed by atoms with E-state index >= 15 is 0 Å². The first-order valence-corrected chi connectivity index (χ1v) is 24.2. The van der Waals surface area contributed by atoms with Gasteiger partial charge >= 0.3 is 19.8 Å². The van der Waals surface area contributed by atoms with Crippen LogP contribution in [0.4, 0.5) is 0 Å². The first kappa shape index (κ1) is 55.9. The number of unbranched alkanes of at least 4 members (excludes halogenated alkanes) is 12. The van der Waals surface area contributed by atoms with E-state index in [-0.39, 0.29) is 32.6 Å². The van der Waals surface area contributed by atoms with E-state index in [1.165, 1.54) is 51.4 Å². The summed E-state index contributed by atoms with van der Waals surface area (Å²) in [5.41, 5.74) is 5.35. The molecule has 0 aliphatic rings. The average molecular weight is 844 g/mol. The van der Waals surface area contributed by atoms with Crippen molar-refractivity contribution < 1.29 is 37.6 Å². The van der Waals surface area contributed by atoms with Crippen LogP contribution < -0.4 is 5.73 Å². The molecule has 0 aromatic rings. The Morgan fingerprint density at radius 1 is 0.508 bits per heavy atom. The zero-order valence-electron chi connectivity index (χ0n) is 36.9. The molecular formula is C49H82NO8P. The molecule has 1 unspecified atom stereocenters. The van der Waals surface area contributed by atoms with Gasteiger partial charge in [0.1, 0.15) is 6.61 Å². The molecule has 0 aliphatic carbocycles. The van der Waals surface area contributed by atoms with E-state index in [2.05, 4.69) is 111 Å². The maximum absolute atomic E-state index is 12.6. The molecule has 0 aliphatic heterocycles.